The average molecular weight is 460 g/mol. The molecule has 1 aliphatic heterocycles. The maximum absolute atomic E-state index is 13.7. The molecule has 0 spiro atoms. The van der Waals surface area contributed by atoms with E-state index in [-0.39, 0.29) is 31.0 Å². The summed E-state index contributed by atoms with van der Waals surface area (Å²) in [5, 5.41) is 5.65. The quantitative estimate of drug-likeness (QED) is 0.563. The van der Waals surface area contributed by atoms with Crippen LogP contribution in [0.5, 0.6) is 0 Å². The van der Waals surface area contributed by atoms with Crippen LogP contribution in [0.15, 0.2) is 36.5 Å². The Bertz CT molecular complexity index is 968. The first-order valence-corrected chi connectivity index (χ1v) is 11.2. The summed E-state index contributed by atoms with van der Waals surface area (Å²) in [4.78, 5) is 32.3. The molecule has 2 heterocycles. The monoisotopic (exact) mass is 459 g/mol. The lowest BCUT2D eigenvalue weighted by atomic mass is 9.98. The van der Waals surface area contributed by atoms with Crippen molar-refractivity contribution in [2.75, 3.05) is 12.3 Å². The minimum atomic E-state index is -0.996. The van der Waals surface area contributed by atoms with Crippen molar-refractivity contribution in [2.24, 2.45) is 0 Å². The minimum Gasteiger partial charge on any atom is -0.384 e. The van der Waals surface area contributed by atoms with Crippen LogP contribution in [-0.4, -0.2) is 46.4 Å². The van der Waals surface area contributed by atoms with E-state index in [4.69, 9.17) is 5.73 Å². The maximum atomic E-state index is 13.7. The van der Waals surface area contributed by atoms with Gasteiger partial charge in [-0.05, 0) is 62.6 Å². The molecule has 3 rings (SSSR count). The van der Waals surface area contributed by atoms with Crippen molar-refractivity contribution in [1.29, 1.82) is 0 Å². The van der Waals surface area contributed by atoms with E-state index >= 15 is 0 Å². The molecule has 7 nitrogen and oxygen atoms in total. The highest BCUT2D eigenvalue weighted by molar-refractivity contribution is 5.90. The molecule has 0 radical (unpaired) electrons. The van der Waals surface area contributed by atoms with Crippen LogP contribution in [0, 0.1) is 11.6 Å². The molecule has 2 aromatic rings. The number of carbonyl (C=O) groups is 2. The average Bonchev–Trinajstić information content (AvgIpc) is 2.80. The number of aromatic nitrogens is 1. The summed E-state index contributed by atoms with van der Waals surface area (Å²) < 4.78 is 27.1. The van der Waals surface area contributed by atoms with Crippen LogP contribution >= 0.6 is 0 Å². The van der Waals surface area contributed by atoms with Crippen LogP contribution < -0.4 is 16.4 Å². The number of nitrogen functional groups attached to an aromatic ring is 1. The highest BCUT2D eigenvalue weighted by Crippen LogP contribution is 2.20. The maximum Gasteiger partial charge on any atom is 0.243 e. The third-order valence-electron chi connectivity index (χ3n) is 5.88. The molecule has 0 bridgehead atoms. The van der Waals surface area contributed by atoms with Gasteiger partial charge >= 0.3 is 0 Å². The van der Waals surface area contributed by atoms with Gasteiger partial charge in [0.2, 0.25) is 11.8 Å². The van der Waals surface area contributed by atoms with E-state index in [0.29, 0.717) is 17.8 Å². The fourth-order valence-corrected chi connectivity index (χ4v) is 4.09. The number of hydrogen-bond acceptors (Lipinski definition) is 5. The second-order valence-corrected chi connectivity index (χ2v) is 8.67. The second-order valence-electron chi connectivity index (χ2n) is 8.67. The van der Waals surface area contributed by atoms with Gasteiger partial charge in [0.15, 0.2) is 11.6 Å². The number of amides is 2. The molecule has 33 heavy (non-hydrogen) atoms. The number of piperidine rings is 1. The molecule has 2 atom stereocenters. The molecule has 9 heteroatoms. The van der Waals surface area contributed by atoms with Crippen molar-refractivity contribution in [3.05, 3.63) is 59.3 Å². The van der Waals surface area contributed by atoms with Gasteiger partial charge in [0.1, 0.15) is 11.9 Å². The van der Waals surface area contributed by atoms with Crippen molar-refractivity contribution in [3.63, 3.8) is 0 Å². The number of halogens is 2. The molecule has 178 valence electrons. The molecule has 1 fully saturated rings. The Balaban J connectivity index is 1.74. The van der Waals surface area contributed by atoms with Gasteiger partial charge in [0.25, 0.3) is 0 Å². The van der Waals surface area contributed by atoms with Gasteiger partial charge in [-0.3, -0.25) is 14.5 Å². The van der Waals surface area contributed by atoms with E-state index in [9.17, 15) is 18.4 Å². The summed E-state index contributed by atoms with van der Waals surface area (Å²) in [6.45, 7) is 5.09. The number of benzene rings is 1. The van der Waals surface area contributed by atoms with Crippen molar-refractivity contribution in [3.8, 4) is 0 Å². The molecule has 0 aliphatic carbocycles. The van der Waals surface area contributed by atoms with Crippen molar-refractivity contribution < 1.29 is 18.4 Å². The normalized spacial score (nSPS) is 17.5. The van der Waals surface area contributed by atoms with Gasteiger partial charge in [0.05, 0.1) is 6.04 Å². The molecule has 1 saturated heterocycles. The highest BCUT2D eigenvalue weighted by Gasteiger charge is 2.32. The third-order valence-corrected chi connectivity index (χ3v) is 5.88. The summed E-state index contributed by atoms with van der Waals surface area (Å²) in [7, 11) is 0. The van der Waals surface area contributed by atoms with Crippen LogP contribution in [-0.2, 0) is 22.6 Å². The highest BCUT2D eigenvalue weighted by atomic mass is 19.2. The number of pyridine rings is 1. The standard InChI is InChI=1S/C24H31F2N5O2/c1-15(2)31-10-4-3-5-21(31)24(33)30-20(12-16-6-8-18(25)19(26)11-16)23(32)29-14-17-7-9-22(27)28-13-17/h6-9,11,13,15,20-21H,3-5,10,12,14H2,1-2H3,(H2,27,28)(H,29,32)(H,30,33)/t20-,21?/m0/s1. The first-order valence-electron chi connectivity index (χ1n) is 11.2. The van der Waals surface area contributed by atoms with Crippen molar-refractivity contribution in [1.82, 2.24) is 20.5 Å². The fourth-order valence-electron chi connectivity index (χ4n) is 4.09. The van der Waals surface area contributed by atoms with E-state index < -0.39 is 23.6 Å². The summed E-state index contributed by atoms with van der Waals surface area (Å²) in [5.41, 5.74) is 6.74. The molecular formula is C24H31F2N5O2. The summed E-state index contributed by atoms with van der Waals surface area (Å²) >= 11 is 0. The topological polar surface area (TPSA) is 100 Å². The van der Waals surface area contributed by atoms with Gasteiger partial charge in [-0.1, -0.05) is 18.6 Å². The van der Waals surface area contributed by atoms with Crippen molar-refractivity contribution in [2.45, 2.75) is 64.2 Å². The Morgan fingerprint density at radius 1 is 1.15 bits per heavy atom. The smallest absolute Gasteiger partial charge is 0.243 e. The van der Waals surface area contributed by atoms with Crippen molar-refractivity contribution >= 4 is 17.6 Å². The largest absolute Gasteiger partial charge is 0.384 e. The molecule has 0 saturated carbocycles. The lowest BCUT2D eigenvalue weighted by molar-refractivity contribution is -0.133. The first kappa shape index (κ1) is 24.6. The third kappa shape index (κ3) is 6.71. The molecule has 1 aliphatic rings. The summed E-state index contributed by atoms with van der Waals surface area (Å²) in [6.07, 6.45) is 4.26. The zero-order valence-corrected chi connectivity index (χ0v) is 19.0. The SMILES string of the molecule is CC(C)N1CCCCC1C(=O)N[C@@H](Cc1ccc(F)c(F)c1)C(=O)NCc1ccc(N)nc1. The van der Waals surface area contributed by atoms with Gasteiger partial charge in [-0.25, -0.2) is 13.8 Å². The van der Waals surface area contributed by atoms with Gasteiger partial charge in [0, 0.05) is 25.2 Å². The Morgan fingerprint density at radius 2 is 1.91 bits per heavy atom. The van der Waals surface area contributed by atoms with Crippen LogP contribution in [0.1, 0.15) is 44.2 Å². The van der Waals surface area contributed by atoms with Crippen LogP contribution in [0.2, 0.25) is 0 Å². The molecule has 2 amide bonds. The number of nitrogens with one attached hydrogen (secondary N) is 2. The Labute approximate surface area is 192 Å². The second kappa shape index (κ2) is 11.2. The molecule has 1 aromatic carbocycles. The van der Waals surface area contributed by atoms with Gasteiger partial charge < -0.3 is 16.4 Å². The van der Waals surface area contributed by atoms with Crippen LogP contribution in [0.25, 0.3) is 0 Å². The van der Waals surface area contributed by atoms with E-state index in [1.807, 2.05) is 13.8 Å². The minimum absolute atomic E-state index is 0.0309. The first-order chi connectivity index (χ1) is 15.7. The Hall–Kier alpha value is -3.07. The number of likely N-dealkylation sites (tertiary alicyclic amines) is 1. The predicted molar refractivity (Wildman–Crippen MR) is 122 cm³/mol. The van der Waals surface area contributed by atoms with E-state index in [2.05, 4.69) is 20.5 Å². The van der Waals surface area contributed by atoms with E-state index in [1.54, 1.807) is 18.3 Å². The van der Waals surface area contributed by atoms with Gasteiger partial charge in [-0.2, -0.15) is 0 Å². The number of hydrogen-bond donors (Lipinski definition) is 3. The van der Waals surface area contributed by atoms with Crippen LogP contribution in [0.4, 0.5) is 14.6 Å². The fraction of sp³-hybridized carbons (Fsp3) is 0.458. The summed E-state index contributed by atoms with van der Waals surface area (Å²) in [6, 6.07) is 5.77. The van der Waals surface area contributed by atoms with E-state index in [1.165, 1.54) is 6.07 Å². The Morgan fingerprint density at radius 3 is 2.58 bits per heavy atom. The number of nitrogens with two attached hydrogens (primary N) is 1. The molecule has 1 aromatic heterocycles. The number of anilines is 1. The lowest BCUT2D eigenvalue weighted by Crippen LogP contribution is -2.56. The Kier molecular flexibility index (Phi) is 8.32. The lowest BCUT2D eigenvalue weighted by Gasteiger charge is -2.38. The number of rotatable bonds is 8. The van der Waals surface area contributed by atoms with E-state index in [0.717, 1.165) is 37.1 Å². The number of nitrogens with zero attached hydrogens (tertiary/aromatic N) is 2. The zero-order chi connectivity index (χ0) is 24.0. The molecule has 1 unspecified atom stereocenters. The zero-order valence-electron chi connectivity index (χ0n) is 19.0. The molecule has 4 N–H and O–H groups in total. The van der Waals surface area contributed by atoms with Crippen LogP contribution in [0.3, 0.4) is 0 Å². The molecular weight excluding hydrogens is 428 g/mol. The van der Waals surface area contributed by atoms with Gasteiger partial charge in [-0.15, -0.1) is 0 Å². The number of carbonyl (C=O) groups excluding carboxylic acids is 2. The summed E-state index contributed by atoms with van der Waals surface area (Å²) in [5.74, 6) is -2.24. The predicted octanol–water partition coefficient (Wildman–Crippen LogP) is 2.55.